The van der Waals surface area contributed by atoms with Gasteiger partial charge in [-0.05, 0) is 0 Å². The van der Waals surface area contributed by atoms with Crippen LogP contribution in [0.1, 0.15) is 0 Å². The summed E-state index contributed by atoms with van der Waals surface area (Å²) in [4.78, 5) is 5.59. The molecule has 0 fully saturated rings. The molecule has 1 heterocycles. The Morgan fingerprint density at radius 2 is 1.79 bits per heavy atom. The number of benzene rings is 1. The quantitative estimate of drug-likeness (QED) is 0.318. The standard InChI is InChI=1S/C6H18N9OP3/c7-14-17(8)13-18(9,10)15(19(14,11)12)16-6-4-2-1-3-5-6/h1-5,19H,7-12H2. The molecule has 12 N–H and O–H groups in total. The molecule has 1 unspecified atom stereocenters. The van der Waals surface area contributed by atoms with Crippen molar-refractivity contribution in [3.63, 3.8) is 0 Å². The first-order chi connectivity index (χ1) is 8.75. The number of hydrogen-bond acceptors (Lipinski definition) is 10. The van der Waals surface area contributed by atoms with Crippen molar-refractivity contribution in [2.24, 2.45) is 37.9 Å². The molecule has 1 atom stereocenters. The molecule has 0 spiro atoms. The van der Waals surface area contributed by atoms with Crippen molar-refractivity contribution in [1.29, 1.82) is 0 Å². The fourth-order valence-electron chi connectivity index (χ4n) is 1.45. The van der Waals surface area contributed by atoms with E-state index in [4.69, 9.17) is 38.2 Å². The molecular formula is C6H18N9OP3. The summed E-state index contributed by atoms with van der Waals surface area (Å²) in [5.41, 5.74) is 29.7. The van der Waals surface area contributed by atoms with Crippen LogP contribution in [0.25, 0.3) is 0 Å². The summed E-state index contributed by atoms with van der Waals surface area (Å²) in [5, 5.41) is 0. The van der Waals surface area contributed by atoms with Crippen molar-refractivity contribution in [2.45, 2.75) is 0 Å². The zero-order valence-electron chi connectivity index (χ0n) is 10.00. The summed E-state index contributed by atoms with van der Waals surface area (Å²) in [6.45, 7) is 0. The SMILES string of the molecule is NN1P(N)N=P(N)(N)N(Oc2ccccc2)[PH]1(N)N. The molecular weight excluding hydrogens is 307 g/mol. The van der Waals surface area contributed by atoms with Crippen LogP contribution in [-0.4, -0.2) is 9.15 Å². The molecule has 19 heavy (non-hydrogen) atoms. The van der Waals surface area contributed by atoms with Crippen LogP contribution in [0.5, 0.6) is 5.75 Å². The Hall–Kier alpha value is -0.210. The van der Waals surface area contributed by atoms with Crippen LogP contribution < -0.4 is 38.2 Å². The number of hydrogen-bond donors (Lipinski definition) is 6. The van der Waals surface area contributed by atoms with Crippen molar-refractivity contribution in [3.8, 4) is 5.75 Å². The number of rotatable bonds is 2. The van der Waals surface area contributed by atoms with Crippen LogP contribution in [0.15, 0.2) is 34.8 Å². The molecule has 10 nitrogen and oxygen atoms in total. The Bertz CT molecular complexity index is 504. The molecule has 0 aliphatic carbocycles. The number of hydrazine groups is 1. The van der Waals surface area contributed by atoms with E-state index >= 15 is 0 Å². The topological polar surface area (TPSA) is 184 Å². The molecule has 1 aliphatic heterocycles. The van der Waals surface area contributed by atoms with Gasteiger partial charge >= 0.3 is 112 Å². The Balaban J connectivity index is 2.38. The summed E-state index contributed by atoms with van der Waals surface area (Å²) < 4.78 is 6.31. The third-order valence-electron chi connectivity index (χ3n) is 2.36. The maximum atomic E-state index is 6.04. The molecule has 1 aromatic rings. The molecule has 0 saturated carbocycles. The summed E-state index contributed by atoms with van der Waals surface area (Å²) in [6, 6.07) is 8.84. The summed E-state index contributed by atoms with van der Waals surface area (Å²) in [5.74, 6) is 6.25. The van der Waals surface area contributed by atoms with E-state index in [1.54, 1.807) is 24.3 Å². The van der Waals surface area contributed by atoms with E-state index in [9.17, 15) is 0 Å². The molecule has 0 radical (unpaired) electrons. The van der Waals surface area contributed by atoms with Gasteiger partial charge in [0.15, 0.2) is 0 Å². The zero-order chi connectivity index (χ0) is 14.3. The van der Waals surface area contributed by atoms with E-state index in [2.05, 4.69) is 4.52 Å². The van der Waals surface area contributed by atoms with Gasteiger partial charge in [-0.25, -0.2) is 0 Å². The van der Waals surface area contributed by atoms with Gasteiger partial charge in [-0.1, -0.05) is 0 Å². The molecule has 2 rings (SSSR count). The molecule has 1 aliphatic rings. The summed E-state index contributed by atoms with van der Waals surface area (Å²) >= 11 is 0. The Morgan fingerprint density at radius 3 is 2.37 bits per heavy atom. The zero-order valence-corrected chi connectivity index (χ0v) is 12.8. The maximum absolute atomic E-state index is 6.04. The van der Waals surface area contributed by atoms with Gasteiger partial charge < -0.3 is 0 Å². The van der Waals surface area contributed by atoms with Gasteiger partial charge in [0.1, 0.15) is 0 Å². The number of nitrogens with two attached hydrogens (primary N) is 6. The summed E-state index contributed by atoms with van der Waals surface area (Å²) in [7, 11) is -7.97. The predicted molar refractivity (Wildman–Crippen MR) is 80.5 cm³/mol. The van der Waals surface area contributed by atoms with Gasteiger partial charge in [-0.2, -0.15) is 0 Å². The van der Waals surface area contributed by atoms with Gasteiger partial charge in [0.05, 0.1) is 0 Å². The minimum atomic E-state index is -3.37. The fraction of sp³-hybridized carbons (Fsp3) is 0. The molecule has 0 aromatic heterocycles. The number of nitrogens with zero attached hydrogens (tertiary/aromatic N) is 3. The van der Waals surface area contributed by atoms with Crippen LogP contribution in [0.3, 0.4) is 0 Å². The number of para-hydroxylation sites is 1. The third kappa shape index (κ3) is 2.95. The van der Waals surface area contributed by atoms with Crippen LogP contribution in [-0.2, 0) is 0 Å². The third-order valence-corrected chi connectivity index (χ3v) is 10.3. The van der Waals surface area contributed by atoms with Gasteiger partial charge in [0.2, 0.25) is 0 Å². The van der Waals surface area contributed by atoms with Crippen LogP contribution in [0.4, 0.5) is 0 Å². The van der Waals surface area contributed by atoms with E-state index in [0.29, 0.717) is 5.75 Å². The molecule has 0 amide bonds. The van der Waals surface area contributed by atoms with Crippen molar-refractivity contribution < 1.29 is 4.84 Å². The summed E-state index contributed by atoms with van der Waals surface area (Å²) in [6.07, 6.45) is 0. The first-order valence-corrected chi connectivity index (χ1v) is 10.4. The van der Waals surface area contributed by atoms with Crippen molar-refractivity contribution in [1.82, 2.24) is 9.15 Å². The Morgan fingerprint density at radius 1 is 1.21 bits per heavy atom. The van der Waals surface area contributed by atoms with E-state index in [-0.39, 0.29) is 0 Å². The van der Waals surface area contributed by atoms with Crippen LogP contribution >= 0.6 is 23.7 Å². The van der Waals surface area contributed by atoms with E-state index < -0.39 is 23.7 Å². The first-order valence-electron chi connectivity index (χ1n) is 5.15. The van der Waals surface area contributed by atoms with E-state index in [1.807, 2.05) is 6.07 Å². The van der Waals surface area contributed by atoms with Crippen molar-refractivity contribution >= 4 is 23.7 Å². The van der Waals surface area contributed by atoms with Crippen molar-refractivity contribution in [2.75, 3.05) is 0 Å². The van der Waals surface area contributed by atoms with Gasteiger partial charge in [0.25, 0.3) is 0 Å². The second-order valence-corrected chi connectivity index (χ2v) is 10.7. The first kappa shape index (κ1) is 15.2. The fourth-order valence-corrected chi connectivity index (χ4v) is 8.75. The Labute approximate surface area is 112 Å². The molecule has 0 bridgehead atoms. The van der Waals surface area contributed by atoms with Crippen LogP contribution in [0, 0.1) is 0 Å². The van der Waals surface area contributed by atoms with Crippen LogP contribution in [0.2, 0.25) is 0 Å². The molecule has 0 saturated heterocycles. The predicted octanol–water partition coefficient (Wildman–Crippen LogP) is -0.152. The molecule has 13 heteroatoms. The van der Waals surface area contributed by atoms with Gasteiger partial charge in [-0.15, -0.1) is 0 Å². The monoisotopic (exact) mass is 325 g/mol. The minimum absolute atomic E-state index is 0.488. The van der Waals surface area contributed by atoms with E-state index in [0.717, 1.165) is 9.15 Å². The second kappa shape index (κ2) is 5.29. The van der Waals surface area contributed by atoms with E-state index in [1.165, 1.54) is 0 Å². The average Bonchev–Trinajstić information content (AvgIpc) is 2.34. The second-order valence-electron chi connectivity index (χ2n) is 3.92. The molecule has 108 valence electrons. The normalized spacial score (nSPS) is 28.4. The van der Waals surface area contributed by atoms with Crippen molar-refractivity contribution in [3.05, 3.63) is 30.3 Å². The van der Waals surface area contributed by atoms with Gasteiger partial charge in [-0.3, -0.25) is 0 Å². The average molecular weight is 325 g/mol. The van der Waals surface area contributed by atoms with Gasteiger partial charge in [0, 0.05) is 0 Å². The Kier molecular flexibility index (Phi) is 4.23. The molecule has 1 aromatic carbocycles.